The Morgan fingerprint density at radius 2 is 2.11 bits per heavy atom. The van der Waals surface area contributed by atoms with Crippen molar-refractivity contribution in [3.8, 4) is 0 Å². The minimum Gasteiger partial charge on any atom is -0.281 e. The second-order valence-corrected chi connectivity index (χ2v) is 2.78. The summed E-state index contributed by atoms with van der Waals surface area (Å²) in [6.07, 6.45) is 2.03. The molecule has 0 aliphatic heterocycles. The lowest BCUT2D eigenvalue weighted by molar-refractivity contribution is 0.982. The summed E-state index contributed by atoms with van der Waals surface area (Å²) in [5.41, 5.74) is 2.43. The Kier molecular flexibility index (Phi) is 1.81. The molecule has 0 radical (unpaired) electrons. The van der Waals surface area contributed by atoms with Gasteiger partial charge in [-0.1, -0.05) is 0 Å². The van der Waals surface area contributed by atoms with Gasteiger partial charge in [-0.3, -0.25) is 5.10 Å². The number of aromatic amines is 1. The summed E-state index contributed by atoms with van der Waals surface area (Å²) < 4.78 is 0. The van der Waals surface area contributed by atoms with E-state index >= 15 is 0 Å². The van der Waals surface area contributed by atoms with Crippen molar-refractivity contribution in [2.45, 2.75) is 18.9 Å². The molecule has 2 nitrogen and oxygen atoms in total. The van der Waals surface area contributed by atoms with Crippen LogP contribution in [0.4, 0.5) is 0 Å². The normalized spacial score (nSPS) is 10.1. The van der Waals surface area contributed by atoms with Crippen molar-refractivity contribution in [2.75, 3.05) is 6.26 Å². The summed E-state index contributed by atoms with van der Waals surface area (Å²) in [5, 5.41) is 8.09. The zero-order valence-corrected chi connectivity index (χ0v) is 6.67. The van der Waals surface area contributed by atoms with E-state index in [1.165, 1.54) is 11.3 Å². The smallest absolute Gasteiger partial charge is 0.121 e. The topological polar surface area (TPSA) is 28.7 Å². The maximum Gasteiger partial charge on any atom is 0.121 e. The molecular weight excluding hydrogens is 132 g/mol. The molecule has 0 bridgehead atoms. The molecule has 0 unspecified atom stereocenters. The summed E-state index contributed by atoms with van der Waals surface area (Å²) in [6, 6.07) is 0. The quantitative estimate of drug-likeness (QED) is 0.605. The van der Waals surface area contributed by atoms with E-state index < -0.39 is 0 Å². The second-order valence-electron chi connectivity index (χ2n) is 1.98. The predicted molar refractivity (Wildman–Crippen MR) is 39.8 cm³/mol. The Hall–Kier alpha value is -0.440. The molecule has 0 saturated heterocycles. The standard InChI is InChI=1S/C6H10N2S/c1-4-5(2)7-8-6(4)9-3/h1-3H3,(H,7,8). The van der Waals surface area contributed by atoms with Crippen molar-refractivity contribution in [1.29, 1.82) is 0 Å². The first kappa shape index (κ1) is 6.68. The van der Waals surface area contributed by atoms with Gasteiger partial charge < -0.3 is 0 Å². The number of hydrogen-bond acceptors (Lipinski definition) is 2. The largest absolute Gasteiger partial charge is 0.281 e. The minimum absolute atomic E-state index is 1.10. The third-order valence-corrected chi connectivity index (χ3v) is 2.19. The Labute approximate surface area is 59.0 Å². The highest BCUT2D eigenvalue weighted by molar-refractivity contribution is 7.98. The first-order valence-corrected chi connectivity index (χ1v) is 4.03. The summed E-state index contributed by atoms with van der Waals surface area (Å²) >= 11 is 1.67. The molecule has 0 aliphatic rings. The number of thioether (sulfide) groups is 1. The van der Waals surface area contributed by atoms with Crippen molar-refractivity contribution in [3.63, 3.8) is 0 Å². The van der Waals surface area contributed by atoms with Gasteiger partial charge in [0.15, 0.2) is 0 Å². The molecule has 9 heavy (non-hydrogen) atoms. The molecule has 1 N–H and O–H groups in total. The Morgan fingerprint density at radius 1 is 1.44 bits per heavy atom. The van der Waals surface area contributed by atoms with Crippen molar-refractivity contribution in [2.24, 2.45) is 0 Å². The Bertz CT molecular complexity index is 205. The first-order valence-electron chi connectivity index (χ1n) is 2.81. The maximum atomic E-state index is 4.07. The van der Waals surface area contributed by atoms with Gasteiger partial charge in [-0.2, -0.15) is 5.10 Å². The molecule has 0 aromatic carbocycles. The molecule has 0 aliphatic carbocycles. The SMILES string of the molecule is CSc1n[nH]c(C)c1C. The lowest BCUT2D eigenvalue weighted by atomic mass is 10.3. The molecular formula is C6H10N2S. The highest BCUT2D eigenvalue weighted by Crippen LogP contribution is 2.17. The van der Waals surface area contributed by atoms with Gasteiger partial charge in [0.2, 0.25) is 0 Å². The van der Waals surface area contributed by atoms with Gasteiger partial charge in [0.25, 0.3) is 0 Å². The van der Waals surface area contributed by atoms with Gasteiger partial charge in [-0.15, -0.1) is 11.8 Å². The van der Waals surface area contributed by atoms with Crippen molar-refractivity contribution >= 4 is 11.8 Å². The Balaban J connectivity index is 3.04. The van der Waals surface area contributed by atoms with Gasteiger partial charge in [-0.05, 0) is 20.1 Å². The van der Waals surface area contributed by atoms with E-state index in [0.29, 0.717) is 0 Å². The third-order valence-electron chi connectivity index (χ3n) is 1.40. The van der Waals surface area contributed by atoms with Crippen LogP contribution in [0.5, 0.6) is 0 Å². The molecule has 0 amide bonds. The minimum atomic E-state index is 1.10. The number of hydrogen-bond donors (Lipinski definition) is 1. The summed E-state index contributed by atoms with van der Waals surface area (Å²) in [4.78, 5) is 0. The molecule has 0 fully saturated rings. The molecule has 1 rings (SSSR count). The molecule has 1 heterocycles. The first-order chi connectivity index (χ1) is 4.25. The van der Waals surface area contributed by atoms with Gasteiger partial charge in [0.05, 0.1) is 0 Å². The number of nitrogens with zero attached hydrogens (tertiary/aromatic N) is 1. The number of rotatable bonds is 1. The van der Waals surface area contributed by atoms with Crippen LogP contribution in [0.3, 0.4) is 0 Å². The van der Waals surface area contributed by atoms with Crippen LogP contribution in [-0.2, 0) is 0 Å². The fraction of sp³-hybridized carbons (Fsp3) is 0.500. The predicted octanol–water partition coefficient (Wildman–Crippen LogP) is 1.75. The van der Waals surface area contributed by atoms with Crippen LogP contribution in [0, 0.1) is 13.8 Å². The van der Waals surface area contributed by atoms with E-state index in [-0.39, 0.29) is 0 Å². The van der Waals surface area contributed by atoms with Crippen molar-refractivity contribution in [1.82, 2.24) is 10.2 Å². The number of nitrogens with one attached hydrogen (secondary N) is 1. The maximum absolute atomic E-state index is 4.07. The van der Waals surface area contributed by atoms with Gasteiger partial charge in [-0.25, -0.2) is 0 Å². The van der Waals surface area contributed by atoms with Crippen LogP contribution in [0.2, 0.25) is 0 Å². The van der Waals surface area contributed by atoms with E-state index in [2.05, 4.69) is 17.1 Å². The third kappa shape index (κ3) is 1.10. The van der Waals surface area contributed by atoms with E-state index in [4.69, 9.17) is 0 Å². The number of aromatic nitrogens is 2. The molecule has 1 aromatic rings. The number of H-pyrrole nitrogens is 1. The van der Waals surface area contributed by atoms with Crippen molar-refractivity contribution < 1.29 is 0 Å². The van der Waals surface area contributed by atoms with Crippen LogP contribution < -0.4 is 0 Å². The lowest BCUT2D eigenvalue weighted by Gasteiger charge is -1.88. The molecule has 0 atom stereocenters. The van der Waals surface area contributed by atoms with E-state index in [9.17, 15) is 0 Å². The molecule has 1 aromatic heterocycles. The molecule has 50 valence electrons. The molecule has 3 heteroatoms. The zero-order valence-electron chi connectivity index (χ0n) is 5.86. The van der Waals surface area contributed by atoms with Crippen LogP contribution in [0.15, 0.2) is 5.03 Å². The van der Waals surface area contributed by atoms with E-state index in [1.807, 2.05) is 13.2 Å². The van der Waals surface area contributed by atoms with Crippen LogP contribution in [0.25, 0.3) is 0 Å². The Morgan fingerprint density at radius 3 is 2.33 bits per heavy atom. The lowest BCUT2D eigenvalue weighted by Crippen LogP contribution is -1.72. The fourth-order valence-corrected chi connectivity index (χ4v) is 1.26. The van der Waals surface area contributed by atoms with E-state index in [1.54, 1.807) is 11.8 Å². The summed E-state index contributed by atoms with van der Waals surface area (Å²) in [7, 11) is 0. The number of aryl methyl sites for hydroxylation is 1. The van der Waals surface area contributed by atoms with Crippen molar-refractivity contribution in [3.05, 3.63) is 11.3 Å². The fourth-order valence-electron chi connectivity index (χ4n) is 0.661. The molecule has 0 saturated carbocycles. The average molecular weight is 142 g/mol. The monoisotopic (exact) mass is 142 g/mol. The summed E-state index contributed by atoms with van der Waals surface area (Å²) in [6.45, 7) is 4.10. The van der Waals surface area contributed by atoms with Crippen LogP contribution in [0.1, 0.15) is 11.3 Å². The average Bonchev–Trinajstić information content (AvgIpc) is 2.15. The van der Waals surface area contributed by atoms with E-state index in [0.717, 1.165) is 5.03 Å². The highest BCUT2D eigenvalue weighted by atomic mass is 32.2. The highest BCUT2D eigenvalue weighted by Gasteiger charge is 2.01. The second kappa shape index (κ2) is 2.43. The van der Waals surface area contributed by atoms with Gasteiger partial charge >= 0.3 is 0 Å². The van der Waals surface area contributed by atoms with Gasteiger partial charge in [0, 0.05) is 11.3 Å². The molecule has 0 spiro atoms. The van der Waals surface area contributed by atoms with Crippen LogP contribution in [-0.4, -0.2) is 16.5 Å². The van der Waals surface area contributed by atoms with Gasteiger partial charge in [0.1, 0.15) is 5.03 Å². The van der Waals surface area contributed by atoms with Crippen LogP contribution >= 0.6 is 11.8 Å². The summed E-state index contributed by atoms with van der Waals surface area (Å²) in [5.74, 6) is 0. The zero-order chi connectivity index (χ0) is 6.85.